The van der Waals surface area contributed by atoms with E-state index in [9.17, 15) is 0 Å². The van der Waals surface area contributed by atoms with E-state index in [1.165, 1.54) is 0 Å². The number of hydrogen-bond acceptors (Lipinski definition) is 1. The van der Waals surface area contributed by atoms with Gasteiger partial charge in [-0.15, -0.1) is 0 Å². The summed E-state index contributed by atoms with van der Waals surface area (Å²) in [5.74, 6) is 0. The van der Waals surface area contributed by atoms with Gasteiger partial charge < -0.3 is 0 Å². The first-order valence-electron chi connectivity index (χ1n) is 5.90. The maximum Gasteiger partial charge on any atom is 0.0729 e. The van der Waals surface area contributed by atoms with Crippen LogP contribution in [0.4, 0.5) is 0 Å². The third-order valence-corrected chi connectivity index (χ3v) is 3.79. The predicted octanol–water partition coefficient (Wildman–Crippen LogP) is 5.70. The highest BCUT2D eigenvalue weighted by Gasteiger charge is 2.12. The lowest BCUT2D eigenvalue weighted by molar-refractivity contribution is 1.10. The van der Waals surface area contributed by atoms with Gasteiger partial charge in [0, 0.05) is 26.7 Å². The highest BCUT2D eigenvalue weighted by Crippen LogP contribution is 2.35. The number of rotatable bonds is 2. The monoisotopic (exact) mass is 322 g/mol. The average molecular weight is 324 g/mol. The third-order valence-electron chi connectivity index (χ3n) is 2.99. The van der Waals surface area contributed by atoms with E-state index in [0.29, 0.717) is 15.1 Å². The molecule has 0 radical (unpaired) electrons. The van der Waals surface area contributed by atoms with Crippen molar-refractivity contribution in [2.45, 2.75) is 0 Å². The molecule has 0 bridgehead atoms. The van der Waals surface area contributed by atoms with Gasteiger partial charge in [-0.2, -0.15) is 5.10 Å². The van der Waals surface area contributed by atoms with Crippen molar-refractivity contribution < 1.29 is 0 Å². The second kappa shape index (κ2) is 5.49. The van der Waals surface area contributed by atoms with Crippen LogP contribution >= 0.6 is 34.8 Å². The minimum Gasteiger partial charge on any atom is -0.277 e. The van der Waals surface area contributed by atoms with Gasteiger partial charge >= 0.3 is 0 Å². The average Bonchev–Trinajstić information content (AvgIpc) is 2.88. The lowest BCUT2D eigenvalue weighted by Gasteiger charge is -2.06. The summed E-state index contributed by atoms with van der Waals surface area (Å²) in [6.07, 6.45) is 1.75. The molecule has 0 amide bonds. The lowest BCUT2D eigenvalue weighted by atomic mass is 10.0. The van der Waals surface area contributed by atoms with Crippen molar-refractivity contribution in [2.75, 3.05) is 0 Å². The van der Waals surface area contributed by atoms with Crippen LogP contribution in [0.2, 0.25) is 15.1 Å². The molecular weight excluding hydrogens is 315 g/mol. The molecule has 0 saturated heterocycles. The Balaban J connectivity index is 2.12. The number of benzene rings is 2. The van der Waals surface area contributed by atoms with Crippen LogP contribution in [0.25, 0.3) is 22.4 Å². The van der Waals surface area contributed by atoms with Crippen molar-refractivity contribution in [2.24, 2.45) is 0 Å². The fourth-order valence-corrected chi connectivity index (χ4v) is 2.67. The summed E-state index contributed by atoms with van der Waals surface area (Å²) in [7, 11) is 0. The molecule has 100 valence electrons. The summed E-state index contributed by atoms with van der Waals surface area (Å²) in [6, 6.07) is 13.0. The Morgan fingerprint density at radius 1 is 0.800 bits per heavy atom. The highest BCUT2D eigenvalue weighted by atomic mass is 35.5. The molecule has 1 N–H and O–H groups in total. The summed E-state index contributed by atoms with van der Waals surface area (Å²) in [5, 5.41) is 9.00. The van der Waals surface area contributed by atoms with Gasteiger partial charge in [0.1, 0.15) is 0 Å². The Bertz CT molecular complexity index is 748. The molecule has 2 nitrogen and oxygen atoms in total. The minimum atomic E-state index is 0.592. The van der Waals surface area contributed by atoms with Crippen LogP contribution in [0.5, 0.6) is 0 Å². The molecular formula is C15H9Cl3N2. The molecule has 20 heavy (non-hydrogen) atoms. The van der Waals surface area contributed by atoms with Crippen molar-refractivity contribution >= 4 is 34.8 Å². The molecule has 0 aliphatic rings. The van der Waals surface area contributed by atoms with E-state index in [0.717, 1.165) is 22.4 Å². The topological polar surface area (TPSA) is 28.7 Å². The minimum absolute atomic E-state index is 0.592. The quantitative estimate of drug-likeness (QED) is 0.643. The van der Waals surface area contributed by atoms with Crippen molar-refractivity contribution in [1.29, 1.82) is 0 Å². The number of halogens is 3. The van der Waals surface area contributed by atoms with E-state index < -0.39 is 0 Å². The Morgan fingerprint density at radius 2 is 1.50 bits per heavy atom. The van der Waals surface area contributed by atoms with E-state index in [1.807, 2.05) is 30.3 Å². The Morgan fingerprint density at radius 3 is 2.20 bits per heavy atom. The van der Waals surface area contributed by atoms with Crippen LogP contribution in [-0.2, 0) is 0 Å². The molecule has 2 aromatic carbocycles. The molecule has 0 fully saturated rings. The van der Waals surface area contributed by atoms with Crippen LogP contribution < -0.4 is 0 Å². The van der Waals surface area contributed by atoms with Crippen molar-refractivity contribution in [3.05, 3.63) is 63.7 Å². The first kappa shape index (κ1) is 13.5. The van der Waals surface area contributed by atoms with Gasteiger partial charge in [-0.3, -0.25) is 5.10 Å². The zero-order chi connectivity index (χ0) is 14.1. The van der Waals surface area contributed by atoms with E-state index in [-0.39, 0.29) is 0 Å². The maximum absolute atomic E-state index is 6.26. The lowest BCUT2D eigenvalue weighted by Crippen LogP contribution is -1.84. The van der Waals surface area contributed by atoms with Crippen molar-refractivity contribution in [3.8, 4) is 22.4 Å². The van der Waals surface area contributed by atoms with Crippen LogP contribution in [0.1, 0.15) is 0 Å². The highest BCUT2D eigenvalue weighted by molar-refractivity contribution is 6.36. The van der Waals surface area contributed by atoms with E-state index in [1.54, 1.807) is 18.3 Å². The molecule has 1 heterocycles. The van der Waals surface area contributed by atoms with E-state index in [2.05, 4.69) is 10.2 Å². The number of nitrogens with one attached hydrogen (secondary N) is 1. The van der Waals surface area contributed by atoms with Crippen LogP contribution in [0.3, 0.4) is 0 Å². The van der Waals surface area contributed by atoms with Gasteiger partial charge in [0.2, 0.25) is 0 Å². The number of nitrogens with zero attached hydrogens (tertiary/aromatic N) is 1. The van der Waals surface area contributed by atoms with E-state index in [4.69, 9.17) is 34.8 Å². The molecule has 0 aliphatic heterocycles. The zero-order valence-electron chi connectivity index (χ0n) is 10.2. The molecule has 0 unspecified atom stereocenters. The second-order valence-electron chi connectivity index (χ2n) is 4.29. The molecule has 3 rings (SSSR count). The molecule has 0 atom stereocenters. The molecule has 1 aromatic heterocycles. The predicted molar refractivity (Wildman–Crippen MR) is 84.5 cm³/mol. The number of H-pyrrole nitrogens is 1. The number of aromatic nitrogens is 2. The third kappa shape index (κ3) is 2.55. The normalized spacial score (nSPS) is 10.8. The number of hydrogen-bond donors (Lipinski definition) is 1. The van der Waals surface area contributed by atoms with Gasteiger partial charge in [0.25, 0.3) is 0 Å². The Labute approximate surface area is 131 Å². The largest absolute Gasteiger partial charge is 0.277 e. The summed E-state index contributed by atoms with van der Waals surface area (Å²) in [4.78, 5) is 0. The zero-order valence-corrected chi connectivity index (χ0v) is 12.5. The van der Waals surface area contributed by atoms with E-state index >= 15 is 0 Å². The molecule has 5 heteroatoms. The number of aromatic amines is 1. The molecule has 0 spiro atoms. The fraction of sp³-hybridized carbons (Fsp3) is 0. The summed E-state index contributed by atoms with van der Waals surface area (Å²) in [6.45, 7) is 0. The summed E-state index contributed by atoms with van der Waals surface area (Å²) < 4.78 is 0. The first-order valence-corrected chi connectivity index (χ1v) is 7.03. The first-order chi connectivity index (χ1) is 9.65. The van der Waals surface area contributed by atoms with Gasteiger partial charge in [-0.05, 0) is 24.3 Å². The summed E-state index contributed by atoms with van der Waals surface area (Å²) >= 11 is 18.1. The maximum atomic E-state index is 6.26. The SMILES string of the molecule is Clc1ccc(-c2[nH]ncc2-c2ccc(Cl)cc2Cl)cc1. The van der Waals surface area contributed by atoms with Crippen LogP contribution in [0.15, 0.2) is 48.7 Å². The van der Waals surface area contributed by atoms with Crippen LogP contribution in [0, 0.1) is 0 Å². The van der Waals surface area contributed by atoms with Gasteiger partial charge in [0.15, 0.2) is 0 Å². The standard InChI is InChI=1S/C15H9Cl3N2/c16-10-3-1-9(2-4-10)15-13(8-19-20-15)12-6-5-11(17)7-14(12)18/h1-8H,(H,19,20). The van der Waals surface area contributed by atoms with Gasteiger partial charge in [-0.1, -0.05) is 53.0 Å². The molecule has 3 aromatic rings. The van der Waals surface area contributed by atoms with Crippen molar-refractivity contribution in [3.63, 3.8) is 0 Å². The fourth-order valence-electron chi connectivity index (χ4n) is 2.03. The van der Waals surface area contributed by atoms with Crippen molar-refractivity contribution in [1.82, 2.24) is 10.2 Å². The smallest absolute Gasteiger partial charge is 0.0729 e. The second-order valence-corrected chi connectivity index (χ2v) is 5.57. The van der Waals surface area contributed by atoms with Gasteiger partial charge in [-0.25, -0.2) is 0 Å². The van der Waals surface area contributed by atoms with Gasteiger partial charge in [0.05, 0.1) is 16.9 Å². The Kier molecular flexibility index (Phi) is 3.70. The molecule has 0 saturated carbocycles. The molecule has 0 aliphatic carbocycles. The Hall–Kier alpha value is -1.48. The van der Waals surface area contributed by atoms with Crippen LogP contribution in [-0.4, -0.2) is 10.2 Å². The summed E-state index contributed by atoms with van der Waals surface area (Å²) in [5.41, 5.74) is 3.70.